The molecule has 0 saturated carbocycles. The van der Waals surface area contributed by atoms with Crippen LogP contribution in [-0.4, -0.2) is 57.5 Å². The lowest BCUT2D eigenvalue weighted by molar-refractivity contribution is 0.0714. The van der Waals surface area contributed by atoms with Gasteiger partial charge in [-0.1, -0.05) is 12.1 Å². The molecule has 176 valence electrons. The van der Waals surface area contributed by atoms with Crippen molar-refractivity contribution in [3.05, 3.63) is 83.8 Å². The Balaban J connectivity index is 1.28. The summed E-state index contributed by atoms with van der Waals surface area (Å²) in [5.41, 5.74) is 4.48. The number of hydrogen-bond donors (Lipinski definition) is 2. The fourth-order valence-corrected chi connectivity index (χ4v) is 4.04. The van der Waals surface area contributed by atoms with Gasteiger partial charge in [0, 0.05) is 37.4 Å². The minimum atomic E-state index is -3.81. The maximum atomic E-state index is 12.4. The van der Waals surface area contributed by atoms with Crippen LogP contribution in [0.15, 0.2) is 81.3 Å². The second-order valence-electron chi connectivity index (χ2n) is 7.62. The largest absolute Gasteiger partial charge is 0.459 e. The summed E-state index contributed by atoms with van der Waals surface area (Å²) in [7, 11) is -3.81. The molecule has 0 unspecified atom stereocenters. The first-order chi connectivity index (χ1) is 16.3. The Morgan fingerprint density at radius 1 is 0.971 bits per heavy atom. The van der Waals surface area contributed by atoms with Crippen LogP contribution in [0.2, 0.25) is 0 Å². The number of piperazine rings is 1. The van der Waals surface area contributed by atoms with Crippen molar-refractivity contribution in [2.24, 2.45) is 10.2 Å². The minimum Gasteiger partial charge on any atom is -0.459 e. The standard InChI is InChI=1S/C23H23N5O5S/c24-34(31,32)20-9-5-18(6-10-20)22(29)26-25-16-17-3-7-19(8-4-17)27-11-13-28(14-12-27)23(30)21-2-1-15-33-21/h1-10,15-16H,11-14H2,(H,26,29)(H2,24,31,32)/b25-16+. The predicted octanol–water partition coefficient (Wildman–Crippen LogP) is 1.65. The Hall–Kier alpha value is -3.96. The Morgan fingerprint density at radius 2 is 1.65 bits per heavy atom. The summed E-state index contributed by atoms with van der Waals surface area (Å²) in [6.07, 6.45) is 3.01. The highest BCUT2D eigenvalue weighted by atomic mass is 32.2. The van der Waals surface area contributed by atoms with Gasteiger partial charge < -0.3 is 14.2 Å². The first-order valence-electron chi connectivity index (χ1n) is 10.5. The smallest absolute Gasteiger partial charge is 0.289 e. The van der Waals surface area contributed by atoms with Gasteiger partial charge in [0.1, 0.15) is 0 Å². The number of primary sulfonamides is 1. The number of sulfonamides is 1. The minimum absolute atomic E-state index is 0.0711. The molecule has 34 heavy (non-hydrogen) atoms. The van der Waals surface area contributed by atoms with E-state index in [1.54, 1.807) is 17.0 Å². The third-order valence-electron chi connectivity index (χ3n) is 5.38. The van der Waals surface area contributed by atoms with Crippen LogP contribution >= 0.6 is 0 Å². The summed E-state index contributed by atoms with van der Waals surface area (Å²) >= 11 is 0. The Bertz CT molecular complexity index is 1280. The highest BCUT2D eigenvalue weighted by molar-refractivity contribution is 7.89. The van der Waals surface area contributed by atoms with E-state index in [-0.39, 0.29) is 16.4 Å². The lowest BCUT2D eigenvalue weighted by Crippen LogP contribution is -2.48. The molecule has 3 aromatic rings. The van der Waals surface area contributed by atoms with Gasteiger partial charge in [0.2, 0.25) is 10.0 Å². The zero-order valence-corrected chi connectivity index (χ0v) is 18.9. The van der Waals surface area contributed by atoms with Gasteiger partial charge in [0.25, 0.3) is 11.8 Å². The third kappa shape index (κ3) is 5.50. The van der Waals surface area contributed by atoms with Crippen molar-refractivity contribution in [2.45, 2.75) is 4.90 Å². The van der Waals surface area contributed by atoms with Crippen molar-refractivity contribution in [1.29, 1.82) is 0 Å². The van der Waals surface area contributed by atoms with Gasteiger partial charge >= 0.3 is 0 Å². The number of carbonyl (C=O) groups is 2. The first kappa shape index (κ1) is 23.2. The number of nitrogens with two attached hydrogens (primary N) is 1. The average Bonchev–Trinajstić information content (AvgIpc) is 3.39. The number of hydrazone groups is 1. The normalized spacial score (nSPS) is 14.4. The van der Waals surface area contributed by atoms with Gasteiger partial charge in [0.05, 0.1) is 17.4 Å². The maximum Gasteiger partial charge on any atom is 0.289 e. The summed E-state index contributed by atoms with van der Waals surface area (Å²) in [4.78, 5) is 28.4. The molecule has 4 rings (SSSR count). The predicted molar refractivity (Wildman–Crippen MR) is 126 cm³/mol. The van der Waals surface area contributed by atoms with E-state index in [0.717, 1.165) is 11.3 Å². The van der Waals surface area contributed by atoms with Crippen LogP contribution in [0.3, 0.4) is 0 Å². The van der Waals surface area contributed by atoms with Gasteiger partial charge in [-0.15, -0.1) is 0 Å². The molecule has 2 heterocycles. The van der Waals surface area contributed by atoms with E-state index in [2.05, 4.69) is 15.4 Å². The molecule has 0 bridgehead atoms. The van der Waals surface area contributed by atoms with Crippen LogP contribution < -0.4 is 15.5 Å². The average molecular weight is 482 g/mol. The number of rotatable bonds is 6. The second-order valence-corrected chi connectivity index (χ2v) is 9.18. The topological polar surface area (TPSA) is 138 Å². The van der Waals surface area contributed by atoms with E-state index >= 15 is 0 Å². The lowest BCUT2D eigenvalue weighted by atomic mass is 10.2. The zero-order chi connectivity index (χ0) is 24.1. The van der Waals surface area contributed by atoms with Crippen LogP contribution in [-0.2, 0) is 10.0 Å². The van der Waals surface area contributed by atoms with E-state index in [0.29, 0.717) is 31.9 Å². The SMILES string of the molecule is NS(=O)(=O)c1ccc(C(=O)N/N=C/c2ccc(N3CCN(C(=O)c4ccco4)CC3)cc2)cc1. The highest BCUT2D eigenvalue weighted by Gasteiger charge is 2.23. The quantitative estimate of drug-likeness (QED) is 0.406. The van der Waals surface area contributed by atoms with E-state index < -0.39 is 15.9 Å². The van der Waals surface area contributed by atoms with Crippen LogP contribution in [0, 0.1) is 0 Å². The molecule has 0 radical (unpaired) electrons. The summed E-state index contributed by atoms with van der Waals surface area (Å²) in [5, 5.41) is 9.00. The fraction of sp³-hybridized carbons (Fsp3) is 0.174. The fourth-order valence-electron chi connectivity index (χ4n) is 3.52. The number of carbonyl (C=O) groups excluding carboxylic acids is 2. The molecule has 1 saturated heterocycles. The van der Waals surface area contributed by atoms with E-state index in [9.17, 15) is 18.0 Å². The van der Waals surface area contributed by atoms with Crippen molar-refractivity contribution >= 4 is 33.7 Å². The Morgan fingerprint density at radius 3 is 2.24 bits per heavy atom. The van der Waals surface area contributed by atoms with E-state index in [1.807, 2.05) is 24.3 Å². The number of anilines is 1. The van der Waals surface area contributed by atoms with Crippen molar-refractivity contribution in [3.8, 4) is 0 Å². The molecule has 11 heteroatoms. The molecular formula is C23H23N5O5S. The van der Waals surface area contributed by atoms with Crippen LogP contribution in [0.5, 0.6) is 0 Å². The summed E-state index contributed by atoms with van der Waals surface area (Å²) < 4.78 is 27.8. The zero-order valence-electron chi connectivity index (χ0n) is 18.1. The number of amides is 2. The Labute approximate surface area is 196 Å². The molecule has 0 atom stereocenters. The lowest BCUT2D eigenvalue weighted by Gasteiger charge is -2.35. The van der Waals surface area contributed by atoms with Gasteiger partial charge in [0.15, 0.2) is 5.76 Å². The van der Waals surface area contributed by atoms with Crippen molar-refractivity contribution in [1.82, 2.24) is 10.3 Å². The molecular weight excluding hydrogens is 458 g/mol. The third-order valence-corrected chi connectivity index (χ3v) is 6.31. The van der Waals surface area contributed by atoms with E-state index in [4.69, 9.17) is 9.56 Å². The first-order valence-corrected chi connectivity index (χ1v) is 12.0. The summed E-state index contributed by atoms with van der Waals surface area (Å²) in [5.74, 6) is -0.223. The van der Waals surface area contributed by atoms with Crippen LogP contribution in [0.25, 0.3) is 0 Å². The number of furan rings is 1. The van der Waals surface area contributed by atoms with E-state index in [1.165, 1.54) is 36.7 Å². The second kappa shape index (κ2) is 9.89. The van der Waals surface area contributed by atoms with Crippen molar-refractivity contribution in [2.75, 3.05) is 31.1 Å². The monoisotopic (exact) mass is 481 g/mol. The molecule has 2 aromatic carbocycles. The van der Waals surface area contributed by atoms with Gasteiger partial charge in [-0.25, -0.2) is 19.0 Å². The number of hydrogen-bond acceptors (Lipinski definition) is 7. The molecule has 10 nitrogen and oxygen atoms in total. The molecule has 0 spiro atoms. The van der Waals surface area contributed by atoms with Crippen LogP contribution in [0.1, 0.15) is 26.5 Å². The van der Waals surface area contributed by atoms with Crippen molar-refractivity contribution in [3.63, 3.8) is 0 Å². The molecule has 1 aromatic heterocycles. The van der Waals surface area contributed by atoms with Gasteiger partial charge in [-0.3, -0.25) is 9.59 Å². The maximum absolute atomic E-state index is 12.4. The number of nitrogens with zero attached hydrogens (tertiary/aromatic N) is 3. The molecule has 1 fully saturated rings. The number of benzene rings is 2. The molecule has 1 aliphatic rings. The molecule has 2 amide bonds. The van der Waals surface area contributed by atoms with Gasteiger partial charge in [-0.2, -0.15) is 5.10 Å². The highest BCUT2D eigenvalue weighted by Crippen LogP contribution is 2.18. The Kier molecular flexibility index (Phi) is 6.75. The molecule has 3 N–H and O–H groups in total. The van der Waals surface area contributed by atoms with Crippen LogP contribution in [0.4, 0.5) is 5.69 Å². The molecule has 0 aliphatic carbocycles. The van der Waals surface area contributed by atoms with Crippen molar-refractivity contribution < 1.29 is 22.4 Å². The molecule has 1 aliphatic heterocycles. The van der Waals surface area contributed by atoms with Gasteiger partial charge in [-0.05, 0) is 54.1 Å². The summed E-state index contributed by atoms with van der Waals surface area (Å²) in [6, 6.07) is 16.3. The summed E-state index contributed by atoms with van der Waals surface area (Å²) in [6.45, 7) is 2.63. The number of nitrogens with one attached hydrogen (secondary N) is 1.